The van der Waals surface area contributed by atoms with Crippen molar-refractivity contribution >= 4 is 27.7 Å². The molecule has 0 aromatic carbocycles. The van der Waals surface area contributed by atoms with Gasteiger partial charge in [-0.25, -0.2) is 4.98 Å². The number of amides is 1. The summed E-state index contributed by atoms with van der Waals surface area (Å²) in [5, 5.41) is 11.8. The molecular formula is C12H10BrN3O3. The SMILES string of the molecule is Cc1cc(NC(=O)c2cc(O)[nH]c(=O)c2)ncc1Br. The average molecular weight is 324 g/mol. The number of pyridine rings is 2. The second-order valence-corrected chi connectivity index (χ2v) is 4.75. The van der Waals surface area contributed by atoms with Crippen molar-refractivity contribution in [2.75, 3.05) is 5.32 Å². The molecule has 0 atom stereocenters. The zero-order valence-corrected chi connectivity index (χ0v) is 11.5. The van der Waals surface area contributed by atoms with Gasteiger partial charge in [0, 0.05) is 22.8 Å². The lowest BCUT2D eigenvalue weighted by Gasteiger charge is -2.06. The summed E-state index contributed by atoms with van der Waals surface area (Å²) in [6.07, 6.45) is 1.57. The molecule has 0 aliphatic carbocycles. The Kier molecular flexibility index (Phi) is 3.66. The molecule has 2 aromatic rings. The number of halogens is 1. The van der Waals surface area contributed by atoms with Crippen LogP contribution in [0.25, 0.3) is 0 Å². The van der Waals surface area contributed by atoms with Gasteiger partial charge in [0.25, 0.3) is 11.5 Å². The molecule has 0 spiro atoms. The smallest absolute Gasteiger partial charge is 0.257 e. The van der Waals surface area contributed by atoms with Crippen molar-refractivity contribution in [1.29, 1.82) is 0 Å². The highest BCUT2D eigenvalue weighted by Gasteiger charge is 2.09. The highest BCUT2D eigenvalue weighted by atomic mass is 79.9. The second-order valence-electron chi connectivity index (χ2n) is 3.89. The molecule has 19 heavy (non-hydrogen) atoms. The Hall–Kier alpha value is -2.15. The summed E-state index contributed by atoms with van der Waals surface area (Å²) in [6.45, 7) is 1.86. The van der Waals surface area contributed by atoms with Gasteiger partial charge in [-0.1, -0.05) is 0 Å². The number of aryl methyl sites for hydroxylation is 1. The molecule has 98 valence electrons. The Bertz CT molecular complexity index is 697. The lowest BCUT2D eigenvalue weighted by atomic mass is 10.2. The average Bonchev–Trinajstić information content (AvgIpc) is 2.32. The van der Waals surface area contributed by atoms with E-state index in [4.69, 9.17) is 0 Å². The summed E-state index contributed by atoms with van der Waals surface area (Å²) in [7, 11) is 0. The predicted molar refractivity (Wildman–Crippen MR) is 73.4 cm³/mol. The van der Waals surface area contributed by atoms with E-state index in [-0.39, 0.29) is 11.4 Å². The van der Waals surface area contributed by atoms with Crippen LogP contribution >= 0.6 is 15.9 Å². The molecule has 6 nitrogen and oxygen atoms in total. The van der Waals surface area contributed by atoms with Gasteiger partial charge in [0.15, 0.2) is 5.88 Å². The number of rotatable bonds is 2. The van der Waals surface area contributed by atoms with Gasteiger partial charge in [-0.2, -0.15) is 0 Å². The molecule has 7 heteroatoms. The van der Waals surface area contributed by atoms with Crippen LogP contribution in [-0.4, -0.2) is 21.0 Å². The molecule has 0 fully saturated rings. The van der Waals surface area contributed by atoms with Crippen molar-refractivity contribution in [3.05, 3.63) is 50.3 Å². The standard InChI is InChI=1S/C12H10BrN3O3/c1-6-2-9(14-5-8(6)13)15-12(19)7-3-10(17)16-11(18)4-7/h2-5H,1H3,(H,14,15,19)(H2,16,17,18). The quantitative estimate of drug-likeness (QED) is 0.785. The van der Waals surface area contributed by atoms with Crippen LogP contribution in [0.5, 0.6) is 5.88 Å². The number of carbonyl (C=O) groups is 1. The Balaban J connectivity index is 2.25. The van der Waals surface area contributed by atoms with E-state index in [1.165, 1.54) is 6.07 Å². The van der Waals surface area contributed by atoms with Crippen molar-refractivity contribution in [3.63, 3.8) is 0 Å². The number of H-pyrrole nitrogens is 1. The fourth-order valence-corrected chi connectivity index (χ4v) is 1.67. The molecule has 0 bridgehead atoms. The maximum absolute atomic E-state index is 11.9. The molecule has 0 saturated carbocycles. The molecule has 3 N–H and O–H groups in total. The van der Waals surface area contributed by atoms with E-state index in [1.54, 1.807) is 12.3 Å². The number of nitrogens with one attached hydrogen (secondary N) is 2. The Labute approximate surface area is 116 Å². The maximum Gasteiger partial charge on any atom is 0.257 e. The molecule has 1 amide bonds. The summed E-state index contributed by atoms with van der Waals surface area (Å²) >= 11 is 3.31. The van der Waals surface area contributed by atoms with E-state index in [0.29, 0.717) is 5.82 Å². The highest BCUT2D eigenvalue weighted by Crippen LogP contribution is 2.17. The van der Waals surface area contributed by atoms with Gasteiger partial charge in [-0.05, 0) is 34.5 Å². The van der Waals surface area contributed by atoms with Gasteiger partial charge < -0.3 is 10.4 Å². The van der Waals surface area contributed by atoms with Crippen molar-refractivity contribution in [1.82, 2.24) is 9.97 Å². The molecule has 0 aliphatic rings. The highest BCUT2D eigenvalue weighted by molar-refractivity contribution is 9.10. The molecule has 2 aromatic heterocycles. The number of aromatic amines is 1. The largest absolute Gasteiger partial charge is 0.494 e. The lowest BCUT2D eigenvalue weighted by molar-refractivity contribution is 0.102. The van der Waals surface area contributed by atoms with Gasteiger partial charge in [0.05, 0.1) is 5.56 Å². The molecule has 0 saturated heterocycles. The summed E-state index contributed by atoms with van der Waals surface area (Å²) in [4.78, 5) is 29.2. The van der Waals surface area contributed by atoms with Gasteiger partial charge in [0.2, 0.25) is 0 Å². The number of carbonyl (C=O) groups excluding carboxylic acids is 1. The first-order chi connectivity index (χ1) is 8.95. The van der Waals surface area contributed by atoms with Crippen LogP contribution in [0.4, 0.5) is 5.82 Å². The van der Waals surface area contributed by atoms with Crippen molar-refractivity contribution < 1.29 is 9.90 Å². The molecule has 2 heterocycles. The molecule has 0 aliphatic heterocycles. The first-order valence-electron chi connectivity index (χ1n) is 5.32. The third-order valence-electron chi connectivity index (χ3n) is 2.38. The van der Waals surface area contributed by atoms with Gasteiger partial charge >= 0.3 is 0 Å². The summed E-state index contributed by atoms with van der Waals surface area (Å²) in [5.41, 5.74) is 0.424. The summed E-state index contributed by atoms with van der Waals surface area (Å²) < 4.78 is 0.833. The van der Waals surface area contributed by atoms with Crippen LogP contribution in [0.15, 0.2) is 33.7 Å². The van der Waals surface area contributed by atoms with E-state index in [0.717, 1.165) is 16.1 Å². The van der Waals surface area contributed by atoms with Crippen LogP contribution < -0.4 is 10.9 Å². The van der Waals surface area contributed by atoms with Gasteiger partial charge in [-0.3, -0.25) is 14.6 Å². The number of hydrogen-bond donors (Lipinski definition) is 3. The molecule has 0 radical (unpaired) electrons. The van der Waals surface area contributed by atoms with Crippen molar-refractivity contribution in [2.45, 2.75) is 6.92 Å². The summed E-state index contributed by atoms with van der Waals surface area (Å²) in [5.74, 6) is -0.515. The number of anilines is 1. The number of aromatic hydroxyl groups is 1. The number of nitrogens with zero attached hydrogens (tertiary/aromatic N) is 1. The third kappa shape index (κ3) is 3.19. The minimum absolute atomic E-state index is 0.0589. The number of hydrogen-bond acceptors (Lipinski definition) is 4. The van der Waals surface area contributed by atoms with Crippen LogP contribution in [0.1, 0.15) is 15.9 Å². The zero-order valence-electron chi connectivity index (χ0n) is 9.90. The minimum atomic E-state index is -0.551. The van der Waals surface area contributed by atoms with Crippen LogP contribution in [0.2, 0.25) is 0 Å². The first kappa shape index (κ1) is 13.3. The number of aromatic nitrogens is 2. The minimum Gasteiger partial charge on any atom is -0.494 e. The molecule has 0 unspecified atom stereocenters. The zero-order chi connectivity index (χ0) is 14.0. The Morgan fingerprint density at radius 1 is 1.42 bits per heavy atom. The van der Waals surface area contributed by atoms with Crippen LogP contribution in [0.3, 0.4) is 0 Å². The predicted octanol–water partition coefficient (Wildman–Crippen LogP) is 1.80. The molecular weight excluding hydrogens is 314 g/mol. The lowest BCUT2D eigenvalue weighted by Crippen LogP contribution is -2.16. The van der Waals surface area contributed by atoms with Gasteiger partial charge in [-0.15, -0.1) is 0 Å². The van der Waals surface area contributed by atoms with Crippen molar-refractivity contribution in [2.24, 2.45) is 0 Å². The third-order valence-corrected chi connectivity index (χ3v) is 3.21. The fourth-order valence-electron chi connectivity index (χ4n) is 1.46. The monoisotopic (exact) mass is 323 g/mol. The Morgan fingerprint density at radius 3 is 2.79 bits per heavy atom. The van der Waals surface area contributed by atoms with E-state index < -0.39 is 11.5 Å². The Morgan fingerprint density at radius 2 is 2.16 bits per heavy atom. The van der Waals surface area contributed by atoms with E-state index in [2.05, 4.69) is 31.2 Å². The fraction of sp³-hybridized carbons (Fsp3) is 0.0833. The maximum atomic E-state index is 11.9. The van der Waals surface area contributed by atoms with Crippen LogP contribution in [-0.2, 0) is 0 Å². The molecule has 2 rings (SSSR count). The van der Waals surface area contributed by atoms with Crippen LogP contribution in [0, 0.1) is 6.92 Å². The normalized spacial score (nSPS) is 10.2. The van der Waals surface area contributed by atoms with E-state index >= 15 is 0 Å². The van der Waals surface area contributed by atoms with Gasteiger partial charge in [0.1, 0.15) is 5.82 Å². The van der Waals surface area contributed by atoms with Crippen molar-refractivity contribution in [3.8, 4) is 5.88 Å². The topological polar surface area (TPSA) is 95.1 Å². The van der Waals surface area contributed by atoms with E-state index in [1.807, 2.05) is 6.92 Å². The first-order valence-corrected chi connectivity index (χ1v) is 6.12. The van der Waals surface area contributed by atoms with E-state index in [9.17, 15) is 14.7 Å². The summed E-state index contributed by atoms with van der Waals surface area (Å²) in [6, 6.07) is 3.96. The second kappa shape index (κ2) is 5.23.